The molecule has 3 N–H and O–H groups in total. The third-order valence-corrected chi connectivity index (χ3v) is 3.27. The fourth-order valence-corrected chi connectivity index (χ4v) is 2.09. The normalized spacial score (nSPS) is 10.2. The van der Waals surface area contributed by atoms with E-state index in [4.69, 9.17) is 5.11 Å². The SMILES string of the molecule is O=C(O)c1cccc(Nc2cc(NCc3ccncc3)ncn2)c1. The summed E-state index contributed by atoms with van der Waals surface area (Å²) in [6, 6.07) is 12.1. The van der Waals surface area contributed by atoms with Crippen LogP contribution in [0.1, 0.15) is 15.9 Å². The van der Waals surface area contributed by atoms with Gasteiger partial charge >= 0.3 is 5.97 Å². The molecular weight excluding hydrogens is 306 g/mol. The summed E-state index contributed by atoms with van der Waals surface area (Å²) in [5.41, 5.74) is 1.95. The highest BCUT2D eigenvalue weighted by atomic mass is 16.4. The summed E-state index contributed by atoms with van der Waals surface area (Å²) in [6.07, 6.45) is 4.91. The van der Waals surface area contributed by atoms with Crippen molar-refractivity contribution in [2.75, 3.05) is 10.6 Å². The van der Waals surface area contributed by atoms with Crippen LogP contribution in [0.2, 0.25) is 0 Å². The summed E-state index contributed by atoms with van der Waals surface area (Å²) >= 11 is 0. The molecule has 0 atom stereocenters. The summed E-state index contributed by atoms with van der Waals surface area (Å²) in [5, 5.41) is 15.3. The summed E-state index contributed by atoms with van der Waals surface area (Å²) in [5.74, 6) is 0.268. The fraction of sp³-hybridized carbons (Fsp3) is 0.0588. The first-order valence-electron chi connectivity index (χ1n) is 7.26. The number of nitrogens with zero attached hydrogens (tertiary/aromatic N) is 3. The van der Waals surface area contributed by atoms with Crippen molar-refractivity contribution in [3.05, 3.63) is 72.3 Å². The number of carboxylic acid groups (broad SMARTS) is 1. The Kier molecular flexibility index (Phi) is 4.62. The number of hydrogen-bond donors (Lipinski definition) is 3. The maximum Gasteiger partial charge on any atom is 0.335 e. The Labute approximate surface area is 138 Å². The van der Waals surface area contributed by atoms with Gasteiger partial charge in [-0.2, -0.15) is 0 Å². The Bertz CT molecular complexity index is 839. The Balaban J connectivity index is 1.69. The van der Waals surface area contributed by atoms with Gasteiger partial charge in [-0.05, 0) is 35.9 Å². The van der Waals surface area contributed by atoms with Gasteiger partial charge in [0.15, 0.2) is 0 Å². The summed E-state index contributed by atoms with van der Waals surface area (Å²) < 4.78 is 0. The second-order valence-electron chi connectivity index (χ2n) is 5.01. The molecule has 2 aromatic heterocycles. The smallest absolute Gasteiger partial charge is 0.335 e. The second-order valence-corrected chi connectivity index (χ2v) is 5.01. The lowest BCUT2D eigenvalue weighted by atomic mass is 10.2. The first-order valence-corrected chi connectivity index (χ1v) is 7.26. The van der Waals surface area contributed by atoms with Crippen LogP contribution in [0.25, 0.3) is 0 Å². The van der Waals surface area contributed by atoms with Gasteiger partial charge in [-0.1, -0.05) is 6.07 Å². The number of carbonyl (C=O) groups is 1. The van der Waals surface area contributed by atoms with Gasteiger partial charge in [-0.3, -0.25) is 4.98 Å². The molecule has 3 rings (SSSR count). The maximum atomic E-state index is 11.0. The van der Waals surface area contributed by atoms with Crippen molar-refractivity contribution in [1.29, 1.82) is 0 Å². The number of nitrogens with one attached hydrogen (secondary N) is 2. The number of rotatable bonds is 6. The van der Waals surface area contributed by atoms with E-state index in [9.17, 15) is 4.79 Å². The van der Waals surface area contributed by atoms with E-state index in [-0.39, 0.29) is 5.56 Å². The highest BCUT2D eigenvalue weighted by Crippen LogP contribution is 2.18. The molecule has 0 radical (unpaired) electrons. The average Bonchev–Trinajstić information content (AvgIpc) is 2.61. The molecule has 0 spiro atoms. The fourth-order valence-electron chi connectivity index (χ4n) is 2.09. The van der Waals surface area contributed by atoms with E-state index < -0.39 is 5.97 Å². The molecule has 0 aliphatic heterocycles. The zero-order chi connectivity index (χ0) is 16.8. The lowest BCUT2D eigenvalue weighted by Gasteiger charge is -2.09. The number of aromatic nitrogens is 3. The predicted octanol–water partition coefficient (Wildman–Crippen LogP) is 2.93. The Morgan fingerprint density at radius 1 is 1.04 bits per heavy atom. The van der Waals surface area contributed by atoms with E-state index in [0.29, 0.717) is 23.9 Å². The van der Waals surface area contributed by atoms with Crippen molar-refractivity contribution in [2.45, 2.75) is 6.54 Å². The molecule has 120 valence electrons. The molecule has 0 bridgehead atoms. The first-order chi connectivity index (χ1) is 11.7. The summed E-state index contributed by atoms with van der Waals surface area (Å²) in [4.78, 5) is 23.3. The van der Waals surface area contributed by atoms with E-state index >= 15 is 0 Å². The van der Waals surface area contributed by atoms with Gasteiger partial charge in [0.2, 0.25) is 0 Å². The molecule has 7 heteroatoms. The molecule has 0 aliphatic rings. The summed E-state index contributed by atoms with van der Waals surface area (Å²) in [6.45, 7) is 0.619. The van der Waals surface area contributed by atoms with Crippen LogP contribution in [-0.4, -0.2) is 26.0 Å². The lowest BCUT2D eigenvalue weighted by molar-refractivity contribution is 0.0697. The molecule has 3 aromatic rings. The second kappa shape index (κ2) is 7.19. The number of anilines is 3. The van der Waals surface area contributed by atoms with E-state index in [0.717, 1.165) is 5.56 Å². The maximum absolute atomic E-state index is 11.0. The van der Waals surface area contributed by atoms with Crippen LogP contribution in [-0.2, 0) is 6.54 Å². The van der Waals surface area contributed by atoms with Gasteiger partial charge in [0, 0.05) is 30.7 Å². The predicted molar refractivity (Wildman–Crippen MR) is 90.3 cm³/mol. The number of carboxylic acids is 1. The molecule has 0 saturated carbocycles. The van der Waals surface area contributed by atoms with E-state index in [1.165, 1.54) is 12.4 Å². The minimum absolute atomic E-state index is 0.213. The van der Waals surface area contributed by atoms with Crippen LogP contribution in [0.3, 0.4) is 0 Å². The largest absolute Gasteiger partial charge is 0.478 e. The van der Waals surface area contributed by atoms with Gasteiger partial charge in [-0.15, -0.1) is 0 Å². The minimum atomic E-state index is -0.971. The molecule has 0 amide bonds. The number of hydrogen-bond acceptors (Lipinski definition) is 6. The van der Waals surface area contributed by atoms with Crippen molar-refractivity contribution >= 4 is 23.3 Å². The van der Waals surface area contributed by atoms with Crippen molar-refractivity contribution in [3.63, 3.8) is 0 Å². The quantitative estimate of drug-likeness (QED) is 0.642. The zero-order valence-corrected chi connectivity index (χ0v) is 12.7. The molecule has 0 fully saturated rings. The first kappa shape index (κ1) is 15.4. The van der Waals surface area contributed by atoms with Crippen molar-refractivity contribution in [1.82, 2.24) is 15.0 Å². The highest BCUT2D eigenvalue weighted by molar-refractivity contribution is 5.89. The Hall–Kier alpha value is -3.48. The number of pyridine rings is 1. The molecule has 0 aliphatic carbocycles. The van der Waals surface area contributed by atoms with E-state index in [1.807, 2.05) is 12.1 Å². The molecule has 24 heavy (non-hydrogen) atoms. The standard InChI is InChI=1S/C17H15N5O2/c23-17(24)13-2-1-3-14(8-13)22-16-9-15(20-11-21-16)19-10-12-4-6-18-7-5-12/h1-9,11H,10H2,(H,23,24)(H2,19,20,21,22). The Morgan fingerprint density at radius 3 is 2.62 bits per heavy atom. The molecule has 7 nitrogen and oxygen atoms in total. The highest BCUT2D eigenvalue weighted by Gasteiger charge is 2.04. The van der Waals surface area contributed by atoms with Crippen molar-refractivity contribution in [3.8, 4) is 0 Å². The summed E-state index contributed by atoms with van der Waals surface area (Å²) in [7, 11) is 0. The number of aromatic carboxylic acids is 1. The van der Waals surface area contributed by atoms with Crippen LogP contribution < -0.4 is 10.6 Å². The number of benzene rings is 1. The lowest BCUT2D eigenvalue weighted by Crippen LogP contribution is -2.03. The third kappa shape index (κ3) is 4.04. The van der Waals surface area contributed by atoms with E-state index in [2.05, 4.69) is 25.6 Å². The van der Waals surface area contributed by atoms with Crippen LogP contribution in [0.4, 0.5) is 17.3 Å². The molecule has 0 saturated heterocycles. The van der Waals surface area contributed by atoms with Crippen LogP contribution in [0.15, 0.2) is 61.2 Å². The van der Waals surface area contributed by atoms with Crippen LogP contribution in [0.5, 0.6) is 0 Å². The van der Waals surface area contributed by atoms with Gasteiger partial charge in [0.25, 0.3) is 0 Å². The molecular formula is C17H15N5O2. The van der Waals surface area contributed by atoms with Crippen molar-refractivity contribution in [2.24, 2.45) is 0 Å². The third-order valence-electron chi connectivity index (χ3n) is 3.27. The average molecular weight is 321 g/mol. The molecule has 0 unspecified atom stereocenters. The Morgan fingerprint density at radius 2 is 1.83 bits per heavy atom. The van der Waals surface area contributed by atoms with Gasteiger partial charge < -0.3 is 15.7 Å². The van der Waals surface area contributed by atoms with Gasteiger partial charge in [0.05, 0.1) is 5.56 Å². The monoisotopic (exact) mass is 321 g/mol. The van der Waals surface area contributed by atoms with Crippen LogP contribution >= 0.6 is 0 Å². The van der Waals surface area contributed by atoms with Crippen molar-refractivity contribution < 1.29 is 9.90 Å². The molecule has 2 heterocycles. The topological polar surface area (TPSA) is 100 Å². The zero-order valence-electron chi connectivity index (χ0n) is 12.7. The minimum Gasteiger partial charge on any atom is -0.478 e. The van der Waals surface area contributed by atoms with Gasteiger partial charge in [-0.25, -0.2) is 14.8 Å². The van der Waals surface area contributed by atoms with Crippen LogP contribution in [0, 0.1) is 0 Å². The molecule has 1 aromatic carbocycles. The van der Waals surface area contributed by atoms with Gasteiger partial charge in [0.1, 0.15) is 18.0 Å². The van der Waals surface area contributed by atoms with E-state index in [1.54, 1.807) is 36.7 Å².